The number of hydrogen-bond donors (Lipinski definition) is 0. The predicted molar refractivity (Wildman–Crippen MR) is 181 cm³/mol. The highest BCUT2D eigenvalue weighted by molar-refractivity contribution is 5.92. The number of hydrogen-bond acceptors (Lipinski definition) is 8. The summed E-state index contributed by atoms with van der Waals surface area (Å²) < 4.78 is 91.6. The number of alkyl halides is 4. The molecule has 2 aromatic heterocycles. The third kappa shape index (κ3) is 6.59. The highest BCUT2D eigenvalue weighted by atomic mass is 19.4. The summed E-state index contributed by atoms with van der Waals surface area (Å²) in [6.45, 7) is 2.90. The van der Waals surface area contributed by atoms with Crippen molar-refractivity contribution < 1.29 is 36.2 Å². The molecule has 13 heteroatoms. The largest absolute Gasteiger partial charge is 0.489 e. The van der Waals surface area contributed by atoms with Gasteiger partial charge in [-0.1, -0.05) is 36.4 Å². The molecule has 4 fully saturated rings. The van der Waals surface area contributed by atoms with Gasteiger partial charge in [0, 0.05) is 44.9 Å². The molecule has 2 aromatic carbocycles. The van der Waals surface area contributed by atoms with Crippen molar-refractivity contribution in [2.24, 2.45) is 11.8 Å². The number of nitrogens with zero attached hydrogens (tertiary/aromatic N) is 5. The fraction of sp³-hybridized carbons (Fsp3) is 0.500. The first-order valence-electron chi connectivity index (χ1n) is 17.6. The second-order valence-electron chi connectivity index (χ2n) is 14.5. The number of piperidine rings is 1. The molecule has 0 spiro atoms. The zero-order chi connectivity index (χ0) is 35.3. The Kier molecular flexibility index (Phi) is 8.98. The molecular weight excluding hydrogens is 669 g/mol. The van der Waals surface area contributed by atoms with Crippen LogP contribution in [0.15, 0.2) is 54.7 Å². The highest BCUT2D eigenvalue weighted by Crippen LogP contribution is 2.45. The van der Waals surface area contributed by atoms with E-state index in [1.165, 1.54) is 24.4 Å². The van der Waals surface area contributed by atoms with E-state index in [1.54, 1.807) is 0 Å². The van der Waals surface area contributed by atoms with Crippen LogP contribution in [0, 0.1) is 17.7 Å². The van der Waals surface area contributed by atoms with Gasteiger partial charge in [-0.05, 0) is 73.7 Å². The molecule has 0 N–H and O–H groups in total. The lowest BCUT2D eigenvalue weighted by Gasteiger charge is -2.34. The van der Waals surface area contributed by atoms with Crippen molar-refractivity contribution >= 4 is 16.7 Å². The van der Waals surface area contributed by atoms with E-state index in [0.717, 1.165) is 64.4 Å². The van der Waals surface area contributed by atoms with E-state index in [4.69, 9.17) is 19.2 Å². The van der Waals surface area contributed by atoms with Gasteiger partial charge in [0.05, 0.1) is 10.9 Å². The second-order valence-corrected chi connectivity index (χ2v) is 14.5. The summed E-state index contributed by atoms with van der Waals surface area (Å²) in [7, 11) is 0.960. The molecule has 1 aliphatic carbocycles. The summed E-state index contributed by atoms with van der Waals surface area (Å²) in [4.78, 5) is 18.0. The number of anilines is 1. The maximum Gasteiger partial charge on any atom is 0.418 e. The number of ether oxygens (including phenoxy) is 3. The van der Waals surface area contributed by atoms with Crippen LogP contribution in [-0.2, 0) is 11.3 Å². The van der Waals surface area contributed by atoms with E-state index < -0.39 is 29.8 Å². The molecular formula is C38H40F5N5O3. The van der Waals surface area contributed by atoms with Crippen LogP contribution in [0.1, 0.15) is 55.8 Å². The Labute approximate surface area is 292 Å². The number of benzene rings is 2. The molecule has 1 saturated carbocycles. The number of aromatic nitrogens is 3. The molecule has 5 atom stereocenters. The number of halogens is 5. The Balaban J connectivity index is 1.22. The molecule has 4 aromatic rings. The minimum absolute atomic E-state index is 0.0553. The van der Waals surface area contributed by atoms with Crippen molar-refractivity contribution in [3.63, 3.8) is 0 Å². The zero-order valence-electron chi connectivity index (χ0n) is 28.3. The standard InChI is InChI=1S/C38H40F5N5O3/c1-49-34(38(41,42)43)28-11-10-27(50-21-23-6-3-2-4-7-23)15-29(28)32-31(40)33-30(17-44-32)35(47-18-24-8-9-25(14-24)19-47)46-36(45-33)51-22-37-12-5-13-48(37)20-26(39)16-37/h2-4,6-7,10-11,15,17,24-26,34H,5,8-9,12-14,16,18-22H2,1H3/t24?,25?,26-,34?,37+/m1/s1. The van der Waals surface area contributed by atoms with Crippen LogP contribution in [0.3, 0.4) is 0 Å². The van der Waals surface area contributed by atoms with E-state index in [9.17, 15) is 17.6 Å². The molecule has 3 aliphatic heterocycles. The maximum atomic E-state index is 17.0. The van der Waals surface area contributed by atoms with Gasteiger partial charge in [0.25, 0.3) is 0 Å². The summed E-state index contributed by atoms with van der Waals surface area (Å²) in [5.41, 5.74) is -0.528. The zero-order valence-corrected chi connectivity index (χ0v) is 28.3. The van der Waals surface area contributed by atoms with Crippen LogP contribution >= 0.6 is 0 Å². The van der Waals surface area contributed by atoms with Gasteiger partial charge in [-0.25, -0.2) is 8.78 Å². The monoisotopic (exact) mass is 709 g/mol. The Morgan fingerprint density at radius 1 is 1.00 bits per heavy atom. The van der Waals surface area contributed by atoms with E-state index in [2.05, 4.69) is 19.8 Å². The van der Waals surface area contributed by atoms with Gasteiger partial charge in [0.15, 0.2) is 11.9 Å². The summed E-state index contributed by atoms with van der Waals surface area (Å²) in [6, 6.07) is 13.2. The van der Waals surface area contributed by atoms with E-state index >= 15 is 4.39 Å². The fourth-order valence-electron chi connectivity index (χ4n) is 8.78. The third-order valence-corrected chi connectivity index (χ3v) is 11.1. The van der Waals surface area contributed by atoms with Crippen LogP contribution in [0.4, 0.5) is 27.8 Å². The second kappa shape index (κ2) is 13.5. The summed E-state index contributed by atoms with van der Waals surface area (Å²) >= 11 is 0. The molecule has 8 rings (SSSR count). The molecule has 0 radical (unpaired) electrons. The van der Waals surface area contributed by atoms with Gasteiger partial charge in [-0.3, -0.25) is 9.88 Å². The van der Waals surface area contributed by atoms with Crippen LogP contribution in [-0.4, -0.2) is 77.6 Å². The molecule has 51 heavy (non-hydrogen) atoms. The normalized spacial score (nSPS) is 25.4. The number of methoxy groups -OCH3 is 1. The SMILES string of the molecule is COC(c1ccc(OCc2ccccc2)cc1-c1ncc2c(N3CC4CCC(C4)C3)nc(OC[C@@]34CCCN3C[C@H](F)C4)nc2c1F)C(F)(F)F. The lowest BCUT2D eigenvalue weighted by atomic mass is 9.95. The van der Waals surface area contributed by atoms with Crippen molar-refractivity contribution in [2.75, 3.05) is 44.8 Å². The topological polar surface area (TPSA) is 72.8 Å². The summed E-state index contributed by atoms with van der Waals surface area (Å²) in [6.07, 6.45) is -1.27. The van der Waals surface area contributed by atoms with Gasteiger partial charge in [0.2, 0.25) is 0 Å². The summed E-state index contributed by atoms with van der Waals surface area (Å²) in [5, 5.41) is 0.340. The minimum atomic E-state index is -4.79. The van der Waals surface area contributed by atoms with Crippen LogP contribution in [0.2, 0.25) is 0 Å². The lowest BCUT2D eigenvalue weighted by Crippen LogP contribution is -2.43. The molecule has 3 unspecified atom stereocenters. The number of fused-ring (bicyclic) bond motifs is 4. The molecule has 2 bridgehead atoms. The molecule has 5 heterocycles. The maximum absolute atomic E-state index is 17.0. The Morgan fingerprint density at radius 3 is 2.53 bits per heavy atom. The molecule has 270 valence electrons. The van der Waals surface area contributed by atoms with Crippen LogP contribution < -0.4 is 14.4 Å². The predicted octanol–water partition coefficient (Wildman–Crippen LogP) is 7.85. The van der Waals surface area contributed by atoms with E-state index in [0.29, 0.717) is 36.0 Å². The average Bonchev–Trinajstić information content (AvgIpc) is 3.77. The molecule has 0 amide bonds. The van der Waals surface area contributed by atoms with Gasteiger partial charge in [-0.15, -0.1) is 0 Å². The highest BCUT2D eigenvalue weighted by Gasteiger charge is 2.49. The molecule has 4 aliphatic rings. The number of rotatable bonds is 10. The third-order valence-electron chi connectivity index (χ3n) is 11.1. The van der Waals surface area contributed by atoms with Crippen LogP contribution in [0.25, 0.3) is 22.2 Å². The van der Waals surface area contributed by atoms with Crippen molar-refractivity contribution in [1.29, 1.82) is 0 Å². The Bertz CT molecular complexity index is 1890. The Hall–Kier alpha value is -4.10. The number of pyridine rings is 1. The lowest BCUT2D eigenvalue weighted by molar-refractivity contribution is -0.215. The van der Waals surface area contributed by atoms with Crippen molar-refractivity contribution in [2.45, 2.75) is 69.1 Å². The van der Waals surface area contributed by atoms with Gasteiger partial charge < -0.3 is 19.1 Å². The van der Waals surface area contributed by atoms with Crippen LogP contribution in [0.5, 0.6) is 11.8 Å². The minimum Gasteiger partial charge on any atom is -0.489 e. The van der Waals surface area contributed by atoms with Crippen molar-refractivity contribution in [1.82, 2.24) is 19.9 Å². The molecule has 3 saturated heterocycles. The average molecular weight is 710 g/mol. The smallest absolute Gasteiger partial charge is 0.418 e. The van der Waals surface area contributed by atoms with Crippen molar-refractivity contribution in [3.05, 3.63) is 71.7 Å². The summed E-state index contributed by atoms with van der Waals surface area (Å²) in [5.74, 6) is 0.761. The molecule has 8 nitrogen and oxygen atoms in total. The first-order valence-corrected chi connectivity index (χ1v) is 17.6. The van der Waals surface area contributed by atoms with Gasteiger partial charge in [-0.2, -0.15) is 23.1 Å². The van der Waals surface area contributed by atoms with E-state index in [1.807, 2.05) is 30.3 Å². The van der Waals surface area contributed by atoms with Gasteiger partial charge in [0.1, 0.15) is 42.2 Å². The fourth-order valence-corrected chi connectivity index (χ4v) is 8.78. The van der Waals surface area contributed by atoms with E-state index in [-0.39, 0.29) is 47.3 Å². The Morgan fingerprint density at radius 2 is 1.78 bits per heavy atom. The van der Waals surface area contributed by atoms with Gasteiger partial charge >= 0.3 is 12.2 Å². The first-order chi connectivity index (χ1) is 24.6. The first kappa shape index (κ1) is 34.0. The quantitative estimate of drug-likeness (QED) is 0.154. The van der Waals surface area contributed by atoms with Crippen molar-refractivity contribution in [3.8, 4) is 23.0 Å².